The second-order valence-corrected chi connectivity index (χ2v) is 4.55. The van der Waals surface area contributed by atoms with Crippen LogP contribution in [0.5, 0.6) is 0 Å². The van der Waals surface area contributed by atoms with E-state index >= 15 is 0 Å². The minimum absolute atomic E-state index is 0.160. The van der Waals surface area contributed by atoms with E-state index in [1.54, 1.807) is 0 Å². The summed E-state index contributed by atoms with van der Waals surface area (Å²) in [6.45, 7) is 3.01. The fourth-order valence-corrected chi connectivity index (χ4v) is 2.66. The van der Waals surface area contributed by atoms with E-state index in [2.05, 4.69) is 11.8 Å². The number of carbonyl (C=O) groups is 1. The lowest BCUT2D eigenvalue weighted by molar-refractivity contribution is -0.124. The molecule has 2 aliphatic rings. The van der Waals surface area contributed by atoms with Gasteiger partial charge in [0.25, 0.3) is 0 Å². The molecule has 4 N–H and O–H groups in total. The van der Waals surface area contributed by atoms with Gasteiger partial charge in [0.1, 0.15) is 5.54 Å². The molecule has 4 nitrogen and oxygen atoms in total. The van der Waals surface area contributed by atoms with Crippen LogP contribution in [0.4, 0.5) is 0 Å². The van der Waals surface area contributed by atoms with E-state index in [4.69, 9.17) is 11.5 Å². The van der Waals surface area contributed by atoms with Crippen molar-refractivity contribution in [2.45, 2.75) is 50.2 Å². The molecule has 2 atom stereocenters. The van der Waals surface area contributed by atoms with Crippen molar-refractivity contribution in [2.24, 2.45) is 11.5 Å². The van der Waals surface area contributed by atoms with Crippen LogP contribution in [0.25, 0.3) is 0 Å². The topological polar surface area (TPSA) is 72.3 Å². The zero-order chi connectivity index (χ0) is 10.3. The highest BCUT2D eigenvalue weighted by atomic mass is 16.1. The van der Waals surface area contributed by atoms with Gasteiger partial charge in [0.05, 0.1) is 0 Å². The van der Waals surface area contributed by atoms with E-state index in [9.17, 15) is 4.79 Å². The van der Waals surface area contributed by atoms with Crippen LogP contribution in [0.1, 0.15) is 32.6 Å². The summed E-state index contributed by atoms with van der Waals surface area (Å²) in [5.41, 5.74) is 10.7. The van der Waals surface area contributed by atoms with Crippen LogP contribution in [0.2, 0.25) is 0 Å². The molecule has 2 fully saturated rings. The van der Waals surface area contributed by atoms with Crippen molar-refractivity contribution in [3.05, 3.63) is 0 Å². The van der Waals surface area contributed by atoms with Crippen LogP contribution in [0.3, 0.4) is 0 Å². The first-order valence-electron chi connectivity index (χ1n) is 5.44. The molecule has 1 saturated heterocycles. The number of nitrogens with two attached hydrogens (primary N) is 2. The van der Waals surface area contributed by atoms with Crippen molar-refractivity contribution in [3.63, 3.8) is 0 Å². The van der Waals surface area contributed by atoms with Crippen LogP contribution in [-0.2, 0) is 4.79 Å². The van der Waals surface area contributed by atoms with Crippen LogP contribution in [0, 0.1) is 0 Å². The molecular weight excluding hydrogens is 178 g/mol. The standard InChI is InChI=1S/C10H19N3O/c1-2-8-10(12,9(11)14)5-6-13(8)7-3-4-7/h7-8H,2-6,12H2,1H3,(H2,11,14). The summed E-state index contributed by atoms with van der Waals surface area (Å²) in [5.74, 6) is -0.340. The van der Waals surface area contributed by atoms with E-state index in [1.165, 1.54) is 12.8 Å². The molecule has 1 saturated carbocycles. The van der Waals surface area contributed by atoms with E-state index in [1.807, 2.05) is 0 Å². The molecule has 1 aliphatic heterocycles. The molecule has 2 rings (SSSR count). The first-order valence-corrected chi connectivity index (χ1v) is 5.44. The highest BCUT2D eigenvalue weighted by Crippen LogP contribution is 2.38. The monoisotopic (exact) mass is 197 g/mol. The quantitative estimate of drug-likeness (QED) is 0.659. The second kappa shape index (κ2) is 3.21. The fourth-order valence-electron chi connectivity index (χ4n) is 2.66. The Labute approximate surface area is 84.6 Å². The third-order valence-corrected chi connectivity index (χ3v) is 3.64. The van der Waals surface area contributed by atoms with Crippen LogP contribution in [0.15, 0.2) is 0 Å². The van der Waals surface area contributed by atoms with Gasteiger partial charge in [-0.1, -0.05) is 6.92 Å². The van der Waals surface area contributed by atoms with Crippen LogP contribution < -0.4 is 11.5 Å². The van der Waals surface area contributed by atoms with Gasteiger partial charge >= 0.3 is 0 Å². The number of hydrogen-bond acceptors (Lipinski definition) is 3. The molecular formula is C10H19N3O. The van der Waals surface area contributed by atoms with Crippen molar-refractivity contribution < 1.29 is 4.79 Å². The minimum Gasteiger partial charge on any atom is -0.368 e. The molecule has 0 radical (unpaired) electrons. The average molecular weight is 197 g/mol. The lowest BCUT2D eigenvalue weighted by atomic mass is 9.89. The van der Waals surface area contributed by atoms with Crippen LogP contribution >= 0.6 is 0 Å². The zero-order valence-electron chi connectivity index (χ0n) is 8.70. The largest absolute Gasteiger partial charge is 0.368 e. The number of amides is 1. The molecule has 14 heavy (non-hydrogen) atoms. The average Bonchev–Trinajstić information content (AvgIpc) is 2.90. The van der Waals surface area contributed by atoms with Gasteiger partial charge in [-0.05, 0) is 25.7 Å². The predicted molar refractivity (Wildman–Crippen MR) is 54.5 cm³/mol. The Morgan fingerprint density at radius 1 is 1.57 bits per heavy atom. The lowest BCUT2D eigenvalue weighted by Gasteiger charge is -2.32. The Hall–Kier alpha value is -0.610. The summed E-state index contributed by atoms with van der Waals surface area (Å²) in [4.78, 5) is 13.7. The molecule has 2 unspecified atom stereocenters. The number of carbonyl (C=O) groups excluding carboxylic acids is 1. The summed E-state index contributed by atoms with van der Waals surface area (Å²) in [5, 5.41) is 0. The number of rotatable bonds is 3. The van der Waals surface area contributed by atoms with Crippen molar-refractivity contribution in [1.82, 2.24) is 4.90 Å². The molecule has 0 aromatic heterocycles. The number of nitrogens with zero attached hydrogens (tertiary/aromatic N) is 1. The molecule has 1 aliphatic carbocycles. The fraction of sp³-hybridized carbons (Fsp3) is 0.900. The van der Waals surface area contributed by atoms with Crippen molar-refractivity contribution >= 4 is 5.91 Å². The Balaban J connectivity index is 2.16. The van der Waals surface area contributed by atoms with E-state index in [0.29, 0.717) is 6.04 Å². The molecule has 4 heteroatoms. The maximum absolute atomic E-state index is 11.4. The van der Waals surface area contributed by atoms with Gasteiger partial charge in [-0.2, -0.15) is 0 Å². The second-order valence-electron chi connectivity index (χ2n) is 4.55. The SMILES string of the molecule is CCC1N(C2CC2)CCC1(N)C(N)=O. The number of likely N-dealkylation sites (tertiary alicyclic amines) is 1. The molecule has 0 bridgehead atoms. The van der Waals surface area contributed by atoms with Crippen LogP contribution in [-0.4, -0.2) is 35.0 Å². The van der Waals surface area contributed by atoms with Crippen molar-refractivity contribution in [3.8, 4) is 0 Å². The predicted octanol–water partition coefficient (Wildman–Crippen LogP) is -0.184. The normalized spacial score (nSPS) is 38.9. The maximum atomic E-state index is 11.4. The molecule has 80 valence electrons. The third-order valence-electron chi connectivity index (χ3n) is 3.64. The summed E-state index contributed by atoms with van der Waals surface area (Å²) in [7, 11) is 0. The number of primary amides is 1. The highest BCUT2D eigenvalue weighted by molar-refractivity contribution is 5.85. The molecule has 1 heterocycles. The van der Waals surface area contributed by atoms with Crippen molar-refractivity contribution in [1.29, 1.82) is 0 Å². The Bertz CT molecular complexity index is 252. The maximum Gasteiger partial charge on any atom is 0.239 e. The van der Waals surface area contributed by atoms with Gasteiger partial charge in [-0.15, -0.1) is 0 Å². The summed E-state index contributed by atoms with van der Waals surface area (Å²) >= 11 is 0. The minimum atomic E-state index is -0.780. The molecule has 0 aromatic rings. The smallest absolute Gasteiger partial charge is 0.239 e. The molecule has 0 aromatic carbocycles. The van der Waals surface area contributed by atoms with E-state index in [-0.39, 0.29) is 11.9 Å². The van der Waals surface area contributed by atoms with E-state index < -0.39 is 5.54 Å². The van der Waals surface area contributed by atoms with Gasteiger partial charge in [0.15, 0.2) is 0 Å². The Kier molecular flexibility index (Phi) is 2.27. The lowest BCUT2D eigenvalue weighted by Crippen LogP contribution is -2.60. The van der Waals surface area contributed by atoms with Crippen molar-refractivity contribution in [2.75, 3.05) is 6.54 Å². The summed E-state index contributed by atoms with van der Waals surface area (Å²) < 4.78 is 0. The number of hydrogen-bond donors (Lipinski definition) is 2. The highest BCUT2D eigenvalue weighted by Gasteiger charge is 2.51. The third kappa shape index (κ3) is 1.33. The van der Waals surface area contributed by atoms with Gasteiger partial charge in [0.2, 0.25) is 5.91 Å². The first-order chi connectivity index (χ1) is 6.59. The van der Waals surface area contributed by atoms with Gasteiger partial charge < -0.3 is 11.5 Å². The van der Waals surface area contributed by atoms with Gasteiger partial charge in [0, 0.05) is 18.6 Å². The molecule has 0 spiro atoms. The Morgan fingerprint density at radius 3 is 2.64 bits per heavy atom. The van der Waals surface area contributed by atoms with E-state index in [0.717, 1.165) is 19.4 Å². The van der Waals surface area contributed by atoms with Gasteiger partial charge in [-0.25, -0.2) is 0 Å². The Morgan fingerprint density at radius 2 is 2.21 bits per heavy atom. The molecule has 1 amide bonds. The summed E-state index contributed by atoms with van der Waals surface area (Å²) in [6, 6.07) is 0.831. The van der Waals surface area contributed by atoms with Gasteiger partial charge in [-0.3, -0.25) is 9.69 Å². The summed E-state index contributed by atoms with van der Waals surface area (Å²) in [6.07, 6.45) is 4.14. The zero-order valence-corrected chi connectivity index (χ0v) is 8.70. The first kappa shape index (κ1) is 9.93.